The lowest BCUT2D eigenvalue weighted by molar-refractivity contribution is -0.915. The van der Waals surface area contributed by atoms with E-state index in [2.05, 4.69) is 26.8 Å². The van der Waals surface area contributed by atoms with Crippen LogP contribution in [0.5, 0.6) is 5.75 Å². The van der Waals surface area contributed by atoms with Gasteiger partial charge in [0.25, 0.3) is 0 Å². The number of halogens is 1. The quantitative estimate of drug-likeness (QED) is 0.779. The van der Waals surface area contributed by atoms with Crippen LogP contribution in [-0.4, -0.2) is 38.4 Å². The van der Waals surface area contributed by atoms with Gasteiger partial charge in [0.2, 0.25) is 0 Å². The maximum absolute atomic E-state index is 6.12. The predicted molar refractivity (Wildman–Crippen MR) is 91.1 cm³/mol. The number of hydrogen-bond donors (Lipinski definition) is 1. The van der Waals surface area contributed by atoms with Gasteiger partial charge in [0.1, 0.15) is 31.0 Å². The molecule has 0 bridgehead atoms. The zero-order chi connectivity index (χ0) is 15.9. The molecule has 1 N–H and O–H groups in total. The Balaban J connectivity index is 1.65. The summed E-state index contributed by atoms with van der Waals surface area (Å²) in [6.07, 6.45) is 4.00. The summed E-state index contributed by atoms with van der Waals surface area (Å²) in [5, 5.41) is 0.828. The van der Waals surface area contributed by atoms with Gasteiger partial charge in [0.15, 0.2) is 0 Å². The Morgan fingerprint density at radius 1 is 1.23 bits per heavy atom. The van der Waals surface area contributed by atoms with E-state index in [-0.39, 0.29) is 0 Å². The molecule has 0 amide bonds. The molecule has 0 unspecified atom stereocenters. The first-order valence-electron chi connectivity index (χ1n) is 8.48. The van der Waals surface area contributed by atoms with Crippen LogP contribution in [0.1, 0.15) is 39.2 Å². The molecule has 4 heteroatoms. The maximum atomic E-state index is 6.12. The topological polar surface area (TPSA) is 22.9 Å². The molecular formula is C18H29ClNO2+. The zero-order valence-corrected chi connectivity index (χ0v) is 14.8. The van der Waals surface area contributed by atoms with Crippen LogP contribution in [0.3, 0.4) is 0 Å². The number of ether oxygens (including phenoxy) is 2. The second-order valence-corrected chi connectivity index (χ2v) is 6.74. The van der Waals surface area contributed by atoms with Gasteiger partial charge in [-0.05, 0) is 56.9 Å². The van der Waals surface area contributed by atoms with Crippen molar-refractivity contribution < 1.29 is 14.4 Å². The van der Waals surface area contributed by atoms with E-state index in [1.165, 1.54) is 13.0 Å². The van der Waals surface area contributed by atoms with E-state index in [9.17, 15) is 0 Å². The van der Waals surface area contributed by atoms with Gasteiger partial charge < -0.3 is 14.4 Å². The molecule has 0 spiro atoms. The van der Waals surface area contributed by atoms with E-state index in [1.807, 2.05) is 12.1 Å². The molecule has 1 heterocycles. The molecule has 1 fully saturated rings. The van der Waals surface area contributed by atoms with Crippen molar-refractivity contribution in [3.63, 3.8) is 0 Å². The highest BCUT2D eigenvalue weighted by atomic mass is 35.5. The first kappa shape index (κ1) is 17.6. The molecule has 124 valence electrons. The summed E-state index contributed by atoms with van der Waals surface area (Å²) in [6.45, 7) is 10.7. The molecule has 0 saturated carbocycles. The first-order valence-corrected chi connectivity index (χ1v) is 8.86. The second kappa shape index (κ2) is 8.76. The lowest BCUT2D eigenvalue weighted by Crippen LogP contribution is -3.15. The second-order valence-electron chi connectivity index (χ2n) is 6.33. The van der Waals surface area contributed by atoms with Crippen LogP contribution in [0.15, 0.2) is 18.2 Å². The third-order valence-electron chi connectivity index (χ3n) is 4.21. The lowest BCUT2D eigenvalue weighted by Gasteiger charge is -2.32. The Hall–Kier alpha value is -0.770. The molecule has 2 rings (SSSR count). The normalized spacial score (nSPS) is 25.2. The summed E-state index contributed by atoms with van der Waals surface area (Å²) in [7, 11) is 0. The Labute approximate surface area is 139 Å². The highest BCUT2D eigenvalue weighted by molar-refractivity contribution is 6.31. The van der Waals surface area contributed by atoms with Gasteiger partial charge >= 0.3 is 0 Å². The molecule has 0 radical (unpaired) electrons. The van der Waals surface area contributed by atoms with Gasteiger partial charge in [-0.15, -0.1) is 0 Å². The minimum absolute atomic E-state index is 0.386. The van der Waals surface area contributed by atoms with E-state index >= 15 is 0 Å². The van der Waals surface area contributed by atoms with Crippen molar-refractivity contribution in [2.24, 2.45) is 0 Å². The minimum Gasteiger partial charge on any atom is -0.494 e. The van der Waals surface area contributed by atoms with Gasteiger partial charge in [-0.2, -0.15) is 0 Å². The molecule has 2 atom stereocenters. The lowest BCUT2D eigenvalue weighted by atomic mass is 10.1. The molecule has 22 heavy (non-hydrogen) atoms. The molecular weight excluding hydrogens is 298 g/mol. The molecule has 1 aliphatic heterocycles. The number of aryl methyl sites for hydroxylation is 1. The Morgan fingerprint density at radius 3 is 2.64 bits per heavy atom. The van der Waals surface area contributed by atoms with Crippen LogP contribution in [-0.2, 0) is 11.2 Å². The minimum atomic E-state index is 0.386. The number of hydrogen-bond acceptors (Lipinski definition) is 2. The summed E-state index contributed by atoms with van der Waals surface area (Å²) >= 11 is 6.12. The molecule has 1 aliphatic rings. The number of morpholine rings is 1. The highest BCUT2D eigenvalue weighted by Crippen LogP contribution is 2.22. The van der Waals surface area contributed by atoms with Crippen molar-refractivity contribution in [2.75, 3.05) is 26.2 Å². The Morgan fingerprint density at radius 2 is 1.95 bits per heavy atom. The highest BCUT2D eigenvalue weighted by Gasteiger charge is 2.24. The fraction of sp³-hybridized carbons (Fsp3) is 0.667. The molecule has 0 aliphatic carbocycles. The molecule has 1 aromatic rings. The van der Waals surface area contributed by atoms with Crippen molar-refractivity contribution in [3.8, 4) is 5.75 Å². The molecule has 3 nitrogen and oxygen atoms in total. The van der Waals surface area contributed by atoms with E-state index < -0.39 is 0 Å². The van der Waals surface area contributed by atoms with Gasteiger partial charge in [-0.3, -0.25) is 0 Å². The van der Waals surface area contributed by atoms with Crippen LogP contribution < -0.4 is 9.64 Å². The van der Waals surface area contributed by atoms with Gasteiger partial charge in [0.05, 0.1) is 13.2 Å². The number of benzene rings is 1. The summed E-state index contributed by atoms with van der Waals surface area (Å²) in [5.74, 6) is 0.933. The van der Waals surface area contributed by atoms with E-state index in [0.717, 1.165) is 48.9 Å². The number of quaternary nitrogens is 1. The van der Waals surface area contributed by atoms with Crippen LogP contribution in [0.25, 0.3) is 0 Å². The SMILES string of the molecule is CCc1cc(OCCCC[NH+]2C[C@@H](C)O[C@H](C)C2)ccc1Cl. The first-order chi connectivity index (χ1) is 10.6. The largest absolute Gasteiger partial charge is 0.494 e. The predicted octanol–water partition coefficient (Wildman–Crippen LogP) is 2.75. The van der Waals surface area contributed by atoms with Gasteiger partial charge in [0, 0.05) is 5.02 Å². The number of unbranched alkanes of at least 4 members (excludes halogenated alkanes) is 1. The smallest absolute Gasteiger partial charge is 0.119 e. The summed E-state index contributed by atoms with van der Waals surface area (Å²) in [5.41, 5.74) is 1.15. The van der Waals surface area contributed by atoms with Crippen molar-refractivity contribution in [2.45, 2.75) is 52.2 Å². The third-order valence-corrected chi connectivity index (χ3v) is 4.58. The van der Waals surface area contributed by atoms with Crippen molar-refractivity contribution in [1.29, 1.82) is 0 Å². The maximum Gasteiger partial charge on any atom is 0.119 e. The number of nitrogens with one attached hydrogen (secondary N) is 1. The fourth-order valence-electron chi connectivity index (χ4n) is 3.17. The summed E-state index contributed by atoms with van der Waals surface area (Å²) in [4.78, 5) is 1.66. The van der Waals surface area contributed by atoms with Crippen LogP contribution in [0.2, 0.25) is 5.02 Å². The van der Waals surface area contributed by atoms with Gasteiger partial charge in [-0.25, -0.2) is 0 Å². The van der Waals surface area contributed by atoms with Crippen LogP contribution in [0.4, 0.5) is 0 Å². The average molecular weight is 327 g/mol. The standard InChI is InChI=1S/C18H28ClNO2/c1-4-16-11-17(7-8-18(16)19)21-10-6-5-9-20-12-14(2)22-15(3)13-20/h7-8,11,14-15H,4-6,9-10,12-13H2,1-3H3/p+1/t14-,15-/m1/s1. The van der Waals surface area contributed by atoms with Crippen molar-refractivity contribution in [3.05, 3.63) is 28.8 Å². The van der Waals surface area contributed by atoms with E-state index in [0.29, 0.717) is 12.2 Å². The van der Waals surface area contributed by atoms with Crippen molar-refractivity contribution >= 4 is 11.6 Å². The molecule has 0 aromatic heterocycles. The summed E-state index contributed by atoms with van der Waals surface area (Å²) in [6, 6.07) is 5.94. The van der Waals surface area contributed by atoms with Crippen LogP contribution >= 0.6 is 11.6 Å². The molecule has 1 saturated heterocycles. The fourth-order valence-corrected chi connectivity index (χ4v) is 3.42. The average Bonchev–Trinajstić information content (AvgIpc) is 2.47. The molecule has 1 aromatic carbocycles. The summed E-state index contributed by atoms with van der Waals surface area (Å²) < 4.78 is 11.6. The Kier molecular flexibility index (Phi) is 7.00. The van der Waals surface area contributed by atoms with Crippen LogP contribution in [0, 0.1) is 0 Å². The number of rotatable bonds is 7. The van der Waals surface area contributed by atoms with Gasteiger partial charge in [-0.1, -0.05) is 18.5 Å². The van der Waals surface area contributed by atoms with E-state index in [4.69, 9.17) is 21.1 Å². The zero-order valence-electron chi connectivity index (χ0n) is 14.0. The third kappa shape index (κ3) is 5.45. The van der Waals surface area contributed by atoms with E-state index in [1.54, 1.807) is 4.90 Å². The van der Waals surface area contributed by atoms with Crippen molar-refractivity contribution in [1.82, 2.24) is 0 Å². The Bertz CT molecular complexity index is 456. The monoisotopic (exact) mass is 326 g/mol.